The van der Waals surface area contributed by atoms with Crippen LogP contribution in [-0.4, -0.2) is 25.5 Å². The number of hydrogen-bond donors (Lipinski definition) is 3. The van der Waals surface area contributed by atoms with E-state index in [0.717, 1.165) is 49.4 Å². The SMILES string of the molecule is CCCCCNC(=O)c1cccc2c1NCCN2. The lowest BCUT2D eigenvalue weighted by molar-refractivity contribution is 0.0954. The molecule has 0 saturated heterocycles. The molecule has 1 amide bonds. The van der Waals surface area contributed by atoms with Gasteiger partial charge in [-0.25, -0.2) is 0 Å². The first kappa shape index (κ1) is 12.7. The molecule has 0 unspecified atom stereocenters. The Labute approximate surface area is 108 Å². The first-order valence-electron chi connectivity index (χ1n) is 6.72. The first-order valence-corrected chi connectivity index (χ1v) is 6.72. The molecule has 2 rings (SSSR count). The maximum absolute atomic E-state index is 12.1. The number of fused-ring (bicyclic) bond motifs is 1. The quantitative estimate of drug-likeness (QED) is 0.700. The minimum Gasteiger partial charge on any atom is -0.382 e. The molecule has 0 aromatic heterocycles. The van der Waals surface area contributed by atoms with E-state index in [1.807, 2.05) is 18.2 Å². The summed E-state index contributed by atoms with van der Waals surface area (Å²) < 4.78 is 0. The van der Waals surface area contributed by atoms with Crippen LogP contribution in [0.5, 0.6) is 0 Å². The summed E-state index contributed by atoms with van der Waals surface area (Å²) in [4.78, 5) is 12.1. The van der Waals surface area contributed by atoms with Crippen LogP contribution in [0.15, 0.2) is 18.2 Å². The molecule has 0 saturated carbocycles. The molecule has 18 heavy (non-hydrogen) atoms. The van der Waals surface area contributed by atoms with Gasteiger partial charge in [0.2, 0.25) is 0 Å². The Morgan fingerprint density at radius 1 is 1.28 bits per heavy atom. The van der Waals surface area contributed by atoms with Gasteiger partial charge >= 0.3 is 0 Å². The van der Waals surface area contributed by atoms with Crippen molar-refractivity contribution >= 4 is 17.3 Å². The zero-order chi connectivity index (χ0) is 12.8. The lowest BCUT2D eigenvalue weighted by atomic mass is 10.1. The molecule has 0 radical (unpaired) electrons. The monoisotopic (exact) mass is 247 g/mol. The maximum Gasteiger partial charge on any atom is 0.253 e. The van der Waals surface area contributed by atoms with Crippen molar-refractivity contribution in [2.45, 2.75) is 26.2 Å². The van der Waals surface area contributed by atoms with Crippen LogP contribution in [-0.2, 0) is 0 Å². The fourth-order valence-corrected chi connectivity index (χ4v) is 2.14. The predicted molar refractivity (Wildman–Crippen MR) is 75.3 cm³/mol. The zero-order valence-electron chi connectivity index (χ0n) is 10.9. The number of benzene rings is 1. The van der Waals surface area contributed by atoms with Crippen LogP contribution in [0.25, 0.3) is 0 Å². The van der Waals surface area contributed by atoms with Gasteiger partial charge in [-0.3, -0.25) is 4.79 Å². The second-order valence-electron chi connectivity index (χ2n) is 4.54. The van der Waals surface area contributed by atoms with E-state index in [-0.39, 0.29) is 5.91 Å². The Morgan fingerprint density at radius 2 is 2.11 bits per heavy atom. The molecule has 0 spiro atoms. The lowest BCUT2D eigenvalue weighted by Gasteiger charge is -2.22. The number of para-hydroxylation sites is 1. The number of amides is 1. The molecular weight excluding hydrogens is 226 g/mol. The van der Waals surface area contributed by atoms with Gasteiger partial charge in [0, 0.05) is 19.6 Å². The third-order valence-electron chi connectivity index (χ3n) is 3.12. The Kier molecular flexibility index (Phi) is 4.45. The van der Waals surface area contributed by atoms with E-state index < -0.39 is 0 Å². The molecule has 1 aliphatic rings. The first-order chi connectivity index (χ1) is 8.83. The molecule has 0 aliphatic carbocycles. The minimum absolute atomic E-state index is 0.0131. The Balaban J connectivity index is 2.01. The lowest BCUT2D eigenvalue weighted by Crippen LogP contribution is -2.28. The summed E-state index contributed by atoms with van der Waals surface area (Å²) in [6.45, 7) is 4.66. The average molecular weight is 247 g/mol. The number of anilines is 2. The van der Waals surface area contributed by atoms with Gasteiger partial charge < -0.3 is 16.0 Å². The molecule has 4 heteroatoms. The van der Waals surface area contributed by atoms with Gasteiger partial charge in [-0.15, -0.1) is 0 Å². The van der Waals surface area contributed by atoms with Gasteiger partial charge in [0.25, 0.3) is 5.91 Å². The number of hydrogen-bond acceptors (Lipinski definition) is 3. The second kappa shape index (κ2) is 6.28. The van der Waals surface area contributed by atoms with Crippen LogP contribution < -0.4 is 16.0 Å². The molecule has 1 aliphatic heterocycles. The highest BCUT2D eigenvalue weighted by Gasteiger charge is 2.16. The summed E-state index contributed by atoms with van der Waals surface area (Å²) in [5, 5.41) is 9.56. The van der Waals surface area contributed by atoms with Crippen molar-refractivity contribution in [3.05, 3.63) is 23.8 Å². The van der Waals surface area contributed by atoms with Crippen LogP contribution >= 0.6 is 0 Å². The fraction of sp³-hybridized carbons (Fsp3) is 0.500. The summed E-state index contributed by atoms with van der Waals surface area (Å²) >= 11 is 0. The molecule has 0 bridgehead atoms. The van der Waals surface area contributed by atoms with Gasteiger partial charge in [0.15, 0.2) is 0 Å². The molecule has 0 fully saturated rings. The van der Waals surface area contributed by atoms with Crippen molar-refractivity contribution in [1.29, 1.82) is 0 Å². The largest absolute Gasteiger partial charge is 0.382 e. The summed E-state index contributed by atoms with van der Waals surface area (Å²) in [6.07, 6.45) is 3.37. The maximum atomic E-state index is 12.1. The number of rotatable bonds is 5. The van der Waals surface area contributed by atoms with E-state index in [4.69, 9.17) is 0 Å². The van der Waals surface area contributed by atoms with Gasteiger partial charge in [0.05, 0.1) is 16.9 Å². The molecule has 1 aromatic carbocycles. The van der Waals surface area contributed by atoms with Crippen LogP contribution in [0, 0.1) is 0 Å². The van der Waals surface area contributed by atoms with Crippen molar-refractivity contribution in [1.82, 2.24) is 5.32 Å². The van der Waals surface area contributed by atoms with E-state index in [1.54, 1.807) is 0 Å². The summed E-state index contributed by atoms with van der Waals surface area (Å²) in [5.41, 5.74) is 2.68. The van der Waals surface area contributed by atoms with E-state index in [1.165, 1.54) is 6.42 Å². The molecule has 1 heterocycles. The van der Waals surface area contributed by atoms with Crippen LogP contribution in [0.1, 0.15) is 36.5 Å². The fourth-order valence-electron chi connectivity index (χ4n) is 2.14. The van der Waals surface area contributed by atoms with E-state index in [9.17, 15) is 4.79 Å². The van der Waals surface area contributed by atoms with E-state index in [2.05, 4.69) is 22.9 Å². The van der Waals surface area contributed by atoms with E-state index >= 15 is 0 Å². The van der Waals surface area contributed by atoms with E-state index in [0.29, 0.717) is 0 Å². The topological polar surface area (TPSA) is 53.2 Å². The summed E-state index contributed by atoms with van der Waals surface area (Å²) in [7, 11) is 0. The van der Waals surface area contributed by atoms with Crippen molar-refractivity contribution in [3.8, 4) is 0 Å². The van der Waals surface area contributed by atoms with Gasteiger partial charge in [-0.05, 0) is 18.6 Å². The van der Waals surface area contributed by atoms with Crippen LogP contribution in [0.4, 0.5) is 11.4 Å². The third-order valence-corrected chi connectivity index (χ3v) is 3.12. The molecule has 3 N–H and O–H groups in total. The smallest absolute Gasteiger partial charge is 0.253 e. The molecule has 98 valence electrons. The summed E-state index contributed by atoms with van der Waals surface area (Å²) in [5.74, 6) is 0.0131. The zero-order valence-corrected chi connectivity index (χ0v) is 10.9. The number of nitrogens with one attached hydrogen (secondary N) is 3. The molecule has 1 aromatic rings. The van der Waals surface area contributed by atoms with Crippen LogP contribution in [0.3, 0.4) is 0 Å². The highest BCUT2D eigenvalue weighted by molar-refractivity contribution is 6.02. The minimum atomic E-state index is 0.0131. The Morgan fingerprint density at radius 3 is 2.94 bits per heavy atom. The number of carbonyl (C=O) groups is 1. The van der Waals surface area contributed by atoms with Crippen molar-refractivity contribution in [3.63, 3.8) is 0 Å². The Bertz CT molecular complexity index is 418. The predicted octanol–water partition coefficient (Wildman–Crippen LogP) is 2.44. The van der Waals surface area contributed by atoms with Gasteiger partial charge in [-0.1, -0.05) is 25.8 Å². The normalized spacial score (nSPS) is 13.2. The molecular formula is C14H21N3O. The number of carbonyl (C=O) groups excluding carboxylic acids is 1. The molecule has 4 nitrogen and oxygen atoms in total. The standard InChI is InChI=1S/C14H21N3O/c1-2-3-4-8-17-14(18)11-6-5-7-12-13(11)16-10-9-15-12/h5-7,15-16H,2-4,8-10H2,1H3,(H,17,18). The third kappa shape index (κ3) is 2.94. The summed E-state index contributed by atoms with van der Waals surface area (Å²) in [6, 6.07) is 5.78. The molecule has 0 atom stereocenters. The Hall–Kier alpha value is -1.71. The van der Waals surface area contributed by atoms with Crippen molar-refractivity contribution in [2.75, 3.05) is 30.3 Å². The number of unbranched alkanes of at least 4 members (excludes halogenated alkanes) is 2. The van der Waals surface area contributed by atoms with Crippen molar-refractivity contribution in [2.24, 2.45) is 0 Å². The van der Waals surface area contributed by atoms with Crippen molar-refractivity contribution < 1.29 is 4.79 Å². The van der Waals surface area contributed by atoms with Gasteiger partial charge in [-0.2, -0.15) is 0 Å². The highest BCUT2D eigenvalue weighted by atomic mass is 16.1. The van der Waals surface area contributed by atoms with Gasteiger partial charge in [0.1, 0.15) is 0 Å². The second-order valence-corrected chi connectivity index (χ2v) is 4.54. The average Bonchev–Trinajstić information content (AvgIpc) is 2.43. The highest BCUT2D eigenvalue weighted by Crippen LogP contribution is 2.28. The van der Waals surface area contributed by atoms with Crippen LogP contribution in [0.2, 0.25) is 0 Å².